The van der Waals surface area contributed by atoms with Gasteiger partial charge in [0.05, 0.1) is 38.1 Å². The second-order valence-electron chi connectivity index (χ2n) is 13.2. The van der Waals surface area contributed by atoms with Crippen LogP contribution in [0.2, 0.25) is 0 Å². The summed E-state index contributed by atoms with van der Waals surface area (Å²) in [5.41, 5.74) is 0.289. The highest BCUT2D eigenvalue weighted by molar-refractivity contribution is 7.22. The molecule has 52 heavy (non-hydrogen) atoms. The first-order chi connectivity index (χ1) is 26.0. The molecule has 0 bridgehead atoms. The van der Waals surface area contributed by atoms with Crippen molar-refractivity contribution in [2.45, 2.75) is 45.8 Å². The predicted octanol–water partition coefficient (Wildman–Crippen LogP) is 8.17. The molecule has 1 aliphatic carbocycles. The lowest BCUT2D eigenvalue weighted by Crippen LogP contribution is -2.38. The van der Waals surface area contributed by atoms with Crippen LogP contribution < -0.4 is 15.4 Å². The highest BCUT2D eigenvalue weighted by atomic mass is 32.1. The first-order valence-corrected chi connectivity index (χ1v) is 17.1. The fraction of sp³-hybridized carbons (Fsp3) is 0.289. The molecule has 0 spiro atoms. The number of benzene rings is 2. The molecule has 0 unspecified atom stereocenters. The maximum atomic E-state index is 15.4. The van der Waals surface area contributed by atoms with Crippen molar-refractivity contribution in [1.82, 2.24) is 14.9 Å². The summed E-state index contributed by atoms with van der Waals surface area (Å²) >= 11 is 1.33. The van der Waals surface area contributed by atoms with Gasteiger partial charge in [0.25, 0.3) is 0 Å². The third-order valence-electron chi connectivity index (χ3n) is 8.07. The van der Waals surface area contributed by atoms with Crippen LogP contribution >= 0.6 is 11.3 Å². The van der Waals surface area contributed by atoms with Crippen molar-refractivity contribution in [2.75, 3.05) is 30.8 Å². The SMILES string of the molecule is [2H]C([2H])([2H])OCCN(Cc1ccc(-c2cc3nccc(Oc4ccc(NC(=O)C5(C(=O)Nc6ccc(F)cc6)CC5)cc4F)c3s2)nc1)C(=O)OC(C)(C)C. The van der Waals surface area contributed by atoms with Gasteiger partial charge in [-0.05, 0) is 87.7 Å². The molecule has 2 aromatic carbocycles. The number of hydrogen-bond acceptors (Lipinski definition) is 9. The van der Waals surface area contributed by atoms with Crippen LogP contribution in [-0.4, -0.2) is 58.6 Å². The Morgan fingerprint density at radius 1 is 0.942 bits per heavy atom. The molecule has 0 saturated heterocycles. The highest BCUT2D eigenvalue weighted by Gasteiger charge is 2.56. The van der Waals surface area contributed by atoms with Crippen LogP contribution in [0.4, 0.5) is 25.0 Å². The predicted molar refractivity (Wildman–Crippen MR) is 193 cm³/mol. The Balaban J connectivity index is 1.11. The molecule has 3 amide bonds. The van der Waals surface area contributed by atoms with Gasteiger partial charge in [0, 0.05) is 49.5 Å². The van der Waals surface area contributed by atoms with E-state index in [0.29, 0.717) is 45.8 Å². The van der Waals surface area contributed by atoms with Crippen molar-refractivity contribution in [3.8, 4) is 22.1 Å². The van der Waals surface area contributed by atoms with Crippen LogP contribution in [0.1, 0.15) is 43.3 Å². The average molecular weight is 733 g/mol. The maximum absolute atomic E-state index is 15.4. The monoisotopic (exact) mass is 732 g/mol. The second kappa shape index (κ2) is 15.0. The van der Waals surface area contributed by atoms with E-state index in [1.54, 1.807) is 45.2 Å². The number of carbonyl (C=O) groups excluding carboxylic acids is 3. The Morgan fingerprint density at radius 2 is 1.67 bits per heavy atom. The van der Waals surface area contributed by atoms with E-state index in [1.807, 2.05) is 6.07 Å². The fourth-order valence-electron chi connectivity index (χ4n) is 5.22. The third kappa shape index (κ3) is 8.52. The summed E-state index contributed by atoms with van der Waals surface area (Å²) in [7, 11) is -2.60. The number of anilines is 2. The number of nitrogens with one attached hydrogen (secondary N) is 2. The second-order valence-corrected chi connectivity index (χ2v) is 14.2. The Labute approximate surface area is 307 Å². The van der Waals surface area contributed by atoms with Crippen LogP contribution in [0.25, 0.3) is 20.8 Å². The molecular formula is C38H37F2N5O6S. The summed E-state index contributed by atoms with van der Waals surface area (Å²) in [5.74, 6) is -2.07. The topological polar surface area (TPSA) is 132 Å². The molecule has 6 rings (SSSR count). The number of methoxy groups -OCH3 is 1. The molecule has 3 aromatic heterocycles. The molecule has 0 atom stereocenters. The third-order valence-corrected chi connectivity index (χ3v) is 9.23. The summed E-state index contributed by atoms with van der Waals surface area (Å²) in [6.07, 6.45) is 3.14. The molecule has 11 nitrogen and oxygen atoms in total. The number of hydrogen-bond donors (Lipinski definition) is 2. The number of thiophene rings is 1. The maximum Gasteiger partial charge on any atom is 0.410 e. The Bertz CT molecular complexity index is 2210. The van der Waals surface area contributed by atoms with E-state index in [2.05, 4.69) is 20.6 Å². The lowest BCUT2D eigenvalue weighted by molar-refractivity contribution is -0.131. The van der Waals surface area contributed by atoms with Gasteiger partial charge in [0.2, 0.25) is 11.8 Å². The minimum atomic E-state index is -2.60. The first kappa shape index (κ1) is 32.4. The molecule has 3 heterocycles. The van der Waals surface area contributed by atoms with Crippen molar-refractivity contribution in [3.05, 3.63) is 96.3 Å². The molecule has 0 radical (unpaired) electrons. The lowest BCUT2D eigenvalue weighted by Gasteiger charge is -2.27. The number of amides is 3. The molecule has 5 aromatic rings. The number of pyridine rings is 2. The minimum absolute atomic E-state index is 0.0166. The molecule has 1 aliphatic rings. The summed E-state index contributed by atoms with van der Waals surface area (Å²) in [6, 6.07) is 16.1. The first-order valence-electron chi connectivity index (χ1n) is 17.8. The van der Waals surface area contributed by atoms with Crippen molar-refractivity contribution in [3.63, 3.8) is 0 Å². The summed E-state index contributed by atoms with van der Waals surface area (Å²) in [4.78, 5) is 50.0. The average Bonchev–Trinajstić information content (AvgIpc) is 3.82. The van der Waals surface area contributed by atoms with Crippen molar-refractivity contribution in [1.29, 1.82) is 0 Å². The van der Waals surface area contributed by atoms with Gasteiger partial charge >= 0.3 is 6.09 Å². The van der Waals surface area contributed by atoms with E-state index < -0.39 is 47.6 Å². The van der Waals surface area contributed by atoms with Gasteiger partial charge in [-0.15, -0.1) is 11.3 Å². The molecule has 1 saturated carbocycles. The van der Waals surface area contributed by atoms with Gasteiger partial charge in [0.15, 0.2) is 11.6 Å². The largest absolute Gasteiger partial charge is 0.453 e. The zero-order chi connectivity index (χ0) is 39.5. The van der Waals surface area contributed by atoms with E-state index in [9.17, 15) is 18.8 Å². The van der Waals surface area contributed by atoms with Crippen LogP contribution in [-0.2, 0) is 25.6 Å². The van der Waals surface area contributed by atoms with Crippen LogP contribution in [0.5, 0.6) is 11.5 Å². The van der Waals surface area contributed by atoms with Gasteiger partial charge in [-0.1, -0.05) is 6.07 Å². The van der Waals surface area contributed by atoms with E-state index in [4.69, 9.17) is 18.3 Å². The molecular weight excluding hydrogens is 693 g/mol. The number of halogens is 2. The fourth-order valence-corrected chi connectivity index (χ4v) is 6.26. The number of carbonyl (C=O) groups is 3. The number of fused-ring (bicyclic) bond motifs is 1. The lowest BCUT2D eigenvalue weighted by atomic mass is 10.0. The quantitative estimate of drug-likeness (QED) is 0.123. The van der Waals surface area contributed by atoms with E-state index in [0.717, 1.165) is 10.9 Å². The minimum Gasteiger partial charge on any atom is -0.453 e. The molecule has 0 aliphatic heterocycles. The number of nitrogens with zero attached hydrogens (tertiary/aromatic N) is 3. The molecule has 14 heteroatoms. The molecule has 1 fully saturated rings. The van der Waals surface area contributed by atoms with E-state index in [-0.39, 0.29) is 31.1 Å². The Kier molecular flexibility index (Phi) is 9.37. The number of aromatic nitrogens is 2. The van der Waals surface area contributed by atoms with Gasteiger partial charge in [0.1, 0.15) is 22.6 Å². The standard InChI is InChI=1S/C38H37F2N5O6S/c1-37(2,3)51-36(48)45(17-18-49-4)22-23-5-11-28(42-21-23)32-20-29-33(52-32)31(13-16-41-29)50-30-12-10-26(19-27(30)40)44-35(47)38(14-15-38)34(46)43-25-8-6-24(39)7-9-25/h5-13,16,19-21H,14-15,17-18,22H2,1-4H3,(H,43,46)(H,44,47)/i4D3. The Hall–Kier alpha value is -5.47. The number of rotatable bonds is 12. The van der Waals surface area contributed by atoms with E-state index in [1.165, 1.54) is 58.8 Å². The number of ether oxygens (including phenoxy) is 3. The smallest absolute Gasteiger partial charge is 0.410 e. The zero-order valence-electron chi connectivity index (χ0n) is 31.5. The van der Waals surface area contributed by atoms with Gasteiger partial charge in [-0.2, -0.15) is 0 Å². The van der Waals surface area contributed by atoms with Gasteiger partial charge in [-0.3, -0.25) is 19.6 Å². The van der Waals surface area contributed by atoms with Crippen molar-refractivity contribution in [2.24, 2.45) is 5.41 Å². The summed E-state index contributed by atoms with van der Waals surface area (Å²) in [6.45, 7) is 5.07. The van der Waals surface area contributed by atoms with Crippen molar-refractivity contribution < 1.29 is 41.5 Å². The van der Waals surface area contributed by atoms with Crippen molar-refractivity contribution >= 4 is 50.8 Å². The van der Waals surface area contributed by atoms with E-state index >= 15 is 4.39 Å². The normalized spacial score (nSPS) is 14.4. The van der Waals surface area contributed by atoms with Crippen LogP contribution in [0, 0.1) is 17.0 Å². The van der Waals surface area contributed by atoms with Gasteiger partial charge in [-0.25, -0.2) is 13.6 Å². The van der Waals surface area contributed by atoms with Gasteiger partial charge < -0.3 is 29.7 Å². The van der Waals surface area contributed by atoms with Crippen LogP contribution in [0.3, 0.4) is 0 Å². The molecule has 2 N–H and O–H groups in total. The summed E-state index contributed by atoms with van der Waals surface area (Å²) in [5, 5.41) is 5.26. The zero-order valence-corrected chi connectivity index (χ0v) is 29.3. The van der Waals surface area contributed by atoms with Crippen LogP contribution in [0.15, 0.2) is 79.1 Å². The summed E-state index contributed by atoms with van der Waals surface area (Å²) < 4.78 is 67.4. The highest BCUT2D eigenvalue weighted by Crippen LogP contribution is 2.48. The Morgan fingerprint density at radius 3 is 2.33 bits per heavy atom. The molecule has 270 valence electrons.